The first-order valence-corrected chi connectivity index (χ1v) is 9.26. The van der Waals surface area contributed by atoms with Gasteiger partial charge < -0.3 is 0 Å². The molecule has 0 saturated carbocycles. The van der Waals surface area contributed by atoms with Crippen LogP contribution in [0.5, 0.6) is 0 Å². The summed E-state index contributed by atoms with van der Waals surface area (Å²) < 4.78 is 0.591. The summed E-state index contributed by atoms with van der Waals surface area (Å²) in [6, 6.07) is 0. The van der Waals surface area contributed by atoms with Crippen molar-refractivity contribution in [2.24, 2.45) is 0 Å². The molecular weight excluding hydrogens is 271 g/mol. The molecule has 0 aliphatic heterocycles. The van der Waals surface area contributed by atoms with Crippen molar-refractivity contribution in [1.29, 1.82) is 0 Å². The van der Waals surface area contributed by atoms with E-state index >= 15 is 0 Å². The van der Waals surface area contributed by atoms with Crippen molar-refractivity contribution in [3.05, 3.63) is 22.7 Å². The molecule has 0 bridgehead atoms. The Balaban J connectivity index is 3.27. The number of rotatable bonds is 6. The van der Waals surface area contributed by atoms with Crippen molar-refractivity contribution < 1.29 is 24.9 Å². The first-order valence-electron chi connectivity index (χ1n) is 6.06. The molecule has 1 aliphatic rings. The second-order valence-corrected chi connectivity index (χ2v) is 9.84. The minimum absolute atomic E-state index is 0.269. The summed E-state index contributed by atoms with van der Waals surface area (Å²) in [5.41, 5.74) is 0. The molecule has 4 heteroatoms. The van der Waals surface area contributed by atoms with Crippen LogP contribution in [0.2, 0.25) is 5.32 Å². The van der Waals surface area contributed by atoms with Crippen LogP contribution in [0.1, 0.15) is 39.0 Å². The normalized spacial score (nSPS) is 16.1. The Kier molecular flexibility index (Phi) is 4.99. The zero-order chi connectivity index (χ0) is 13.5. The van der Waals surface area contributed by atoms with Gasteiger partial charge >= 0.3 is 106 Å². The molecule has 0 spiro atoms. The van der Waals surface area contributed by atoms with Gasteiger partial charge in [0.15, 0.2) is 0 Å². The van der Waals surface area contributed by atoms with E-state index in [-0.39, 0.29) is 5.32 Å². The van der Waals surface area contributed by atoms with Gasteiger partial charge in [-0.3, -0.25) is 0 Å². The van der Waals surface area contributed by atoms with Crippen LogP contribution in [0.3, 0.4) is 0 Å². The van der Waals surface area contributed by atoms with Gasteiger partial charge in [-0.1, -0.05) is 0 Å². The summed E-state index contributed by atoms with van der Waals surface area (Å²) in [4.78, 5) is 39.6. The summed E-state index contributed by atoms with van der Waals surface area (Å²) in [5, 5.41) is 0.269. The fraction of sp³-hybridized carbons (Fsp3) is 0.500. The maximum atomic E-state index is 11.4. The van der Waals surface area contributed by atoms with Crippen LogP contribution in [-0.4, -0.2) is 14.4 Å². The molecule has 0 unspecified atom stereocenters. The monoisotopic (exact) mass is 289 g/mol. The predicted octanol–water partition coefficient (Wildman–Crippen LogP) is 2.72. The van der Waals surface area contributed by atoms with Crippen molar-refractivity contribution in [2.75, 3.05) is 0 Å². The van der Waals surface area contributed by atoms with Crippen molar-refractivity contribution in [3.8, 4) is 0 Å². The average molecular weight is 289 g/mol. The number of unbranched alkanes of at least 4 members (excludes halogenated alkanes) is 3. The summed E-state index contributed by atoms with van der Waals surface area (Å²) in [6.45, 7) is 2.08. The molecule has 0 heterocycles. The maximum absolute atomic E-state index is 11.4. The van der Waals surface area contributed by atoms with Gasteiger partial charge in [-0.25, -0.2) is 0 Å². The van der Waals surface area contributed by atoms with E-state index in [4.69, 9.17) is 0 Å². The Morgan fingerprint density at radius 3 is 2.22 bits per heavy atom. The molecule has 0 aromatic heterocycles. The van der Waals surface area contributed by atoms with E-state index < -0.39 is 10.5 Å². The van der Waals surface area contributed by atoms with Crippen molar-refractivity contribution >= 4 is 14.4 Å². The van der Waals surface area contributed by atoms with Crippen LogP contribution in [0.25, 0.3) is 0 Å². The number of hydrogen-bond acceptors (Lipinski definition) is 3. The van der Waals surface area contributed by atoms with Crippen LogP contribution < -0.4 is 0 Å². The van der Waals surface area contributed by atoms with Gasteiger partial charge in [0.1, 0.15) is 0 Å². The van der Waals surface area contributed by atoms with Gasteiger partial charge in [0.25, 0.3) is 0 Å². The molecule has 1 rings (SSSR count). The zero-order valence-corrected chi connectivity index (χ0v) is 11.8. The van der Waals surface area contributed by atoms with Gasteiger partial charge in [0.05, 0.1) is 0 Å². The van der Waals surface area contributed by atoms with E-state index in [2.05, 4.69) is 6.92 Å². The van der Waals surface area contributed by atoms with Gasteiger partial charge in [-0.2, -0.15) is 0 Å². The number of hydrogen-bond donors (Lipinski definition) is 0. The molecule has 0 aromatic carbocycles. The summed E-state index contributed by atoms with van der Waals surface area (Å²) in [5.74, 6) is 0. The molecule has 0 N–H and O–H groups in total. The average Bonchev–Trinajstić information content (AvgIpc) is 2.96. The Morgan fingerprint density at radius 1 is 1.11 bits per heavy atom. The van der Waals surface area contributed by atoms with E-state index in [1.54, 1.807) is 26.5 Å². The quantitative estimate of drug-likeness (QED) is 0.558. The summed E-state index contributed by atoms with van der Waals surface area (Å²) in [7, 11) is -4.29. The van der Waals surface area contributed by atoms with Crippen LogP contribution >= 0.6 is 0 Å². The first kappa shape index (κ1) is 14.8. The fourth-order valence-electron chi connectivity index (χ4n) is 1.95. The van der Waals surface area contributed by atoms with E-state index in [1.165, 1.54) is 0 Å². The molecule has 0 amide bonds. The van der Waals surface area contributed by atoms with Crippen molar-refractivity contribution in [3.63, 3.8) is 0 Å². The topological polar surface area (TPSA) is 51.2 Å². The van der Waals surface area contributed by atoms with Gasteiger partial charge in [-0.15, -0.1) is 0 Å². The molecule has 0 atom stereocenters. The third-order valence-corrected chi connectivity index (χ3v) is 8.44. The minimum atomic E-state index is -4.29. The standard InChI is InChI=1S/C6H13.C5H5.3CO.Mn/c1-3-5-6-4-2;1-2-4-5-3-1;3*1-2;/h1,3-6H2,2H3;1-3H,4H2;;;;. The summed E-state index contributed by atoms with van der Waals surface area (Å²) in [6.07, 6.45) is 9.44. The Labute approximate surface area is 106 Å². The molecule has 18 heavy (non-hydrogen) atoms. The third-order valence-electron chi connectivity index (χ3n) is 3.14. The number of allylic oxidation sites excluding steroid dienone is 4. The van der Waals surface area contributed by atoms with E-state index in [9.17, 15) is 14.4 Å². The molecular formula is C14H18MnO3. The molecule has 0 aromatic rings. The molecule has 1 aliphatic carbocycles. The molecule has 3 nitrogen and oxygen atoms in total. The Morgan fingerprint density at radius 2 is 1.78 bits per heavy atom. The van der Waals surface area contributed by atoms with Crippen LogP contribution in [-0.2, 0) is 24.9 Å². The first-order chi connectivity index (χ1) is 8.67. The third kappa shape index (κ3) is 2.44. The number of carbonyl (C=O) groups excluding carboxylic acids is 3. The van der Waals surface area contributed by atoms with E-state index in [0.717, 1.165) is 19.3 Å². The Hall–Kier alpha value is -1.26. The molecule has 0 saturated heterocycles. The Bertz CT molecular complexity index is 619. The molecule has 99 valence electrons. The second kappa shape index (κ2) is 6.07. The summed E-state index contributed by atoms with van der Waals surface area (Å²) >= 11 is 0. The molecule has 0 radical (unpaired) electrons. The van der Waals surface area contributed by atoms with E-state index in [1.807, 2.05) is 6.08 Å². The molecule has 0 fully saturated rings. The fourth-order valence-corrected chi connectivity index (χ4v) is 5.65. The van der Waals surface area contributed by atoms with Crippen molar-refractivity contribution in [1.82, 2.24) is 0 Å². The van der Waals surface area contributed by atoms with Crippen molar-refractivity contribution in [2.45, 2.75) is 44.3 Å². The van der Waals surface area contributed by atoms with Gasteiger partial charge in [0, 0.05) is 0 Å². The van der Waals surface area contributed by atoms with E-state index in [0.29, 0.717) is 17.3 Å². The van der Waals surface area contributed by atoms with Gasteiger partial charge in [0.2, 0.25) is 0 Å². The second-order valence-electron chi connectivity index (χ2n) is 4.33. The van der Waals surface area contributed by atoms with Crippen LogP contribution in [0.15, 0.2) is 22.7 Å². The van der Waals surface area contributed by atoms with Crippen LogP contribution in [0, 0.1) is 0 Å². The van der Waals surface area contributed by atoms with Gasteiger partial charge in [-0.05, 0) is 0 Å². The predicted molar refractivity (Wildman–Crippen MR) is 67.9 cm³/mol. The zero-order valence-electron chi connectivity index (χ0n) is 10.6. The van der Waals surface area contributed by atoms with Crippen LogP contribution in [0.4, 0.5) is 0 Å². The SMILES string of the molecule is CCCCC[CH2][Mn](=[C]=O)(=[C]=O)(=[C]=O)[C]1=CC=CC1.